The number of hydrogen-bond donors (Lipinski definition) is 2. The SMILES string of the molecule is CC(NC(=O)c1ccc(C(=O)O)cc1C(F)(F)F)c1ccn(C)n1. The van der Waals surface area contributed by atoms with Gasteiger partial charge in [0.2, 0.25) is 0 Å². The molecule has 0 bridgehead atoms. The summed E-state index contributed by atoms with van der Waals surface area (Å²) in [7, 11) is 1.67. The maximum absolute atomic E-state index is 13.1. The first-order valence-corrected chi connectivity index (χ1v) is 6.84. The van der Waals surface area contributed by atoms with E-state index in [9.17, 15) is 22.8 Å². The molecule has 0 saturated carbocycles. The van der Waals surface area contributed by atoms with Crippen LogP contribution in [0, 0.1) is 0 Å². The summed E-state index contributed by atoms with van der Waals surface area (Å²) >= 11 is 0. The van der Waals surface area contributed by atoms with Crippen LogP contribution in [0.25, 0.3) is 0 Å². The molecule has 1 unspecified atom stereocenters. The summed E-state index contributed by atoms with van der Waals surface area (Å²) in [6.45, 7) is 1.58. The number of rotatable bonds is 4. The van der Waals surface area contributed by atoms with Gasteiger partial charge in [-0.3, -0.25) is 9.48 Å². The first-order valence-electron chi connectivity index (χ1n) is 6.84. The highest BCUT2D eigenvalue weighted by atomic mass is 19.4. The maximum atomic E-state index is 13.1. The first kappa shape index (κ1) is 17.5. The number of carboxylic acids is 1. The second-order valence-electron chi connectivity index (χ2n) is 5.17. The molecule has 128 valence electrons. The van der Waals surface area contributed by atoms with Crippen molar-refractivity contribution in [3.05, 3.63) is 52.8 Å². The molecule has 0 fully saturated rings. The fraction of sp³-hybridized carbons (Fsp3) is 0.267. The fourth-order valence-electron chi connectivity index (χ4n) is 2.12. The summed E-state index contributed by atoms with van der Waals surface area (Å²) in [4.78, 5) is 23.0. The summed E-state index contributed by atoms with van der Waals surface area (Å²) in [5.74, 6) is -2.47. The molecule has 0 saturated heterocycles. The second kappa shape index (κ2) is 6.34. The highest BCUT2D eigenvalue weighted by Gasteiger charge is 2.36. The van der Waals surface area contributed by atoms with E-state index in [0.29, 0.717) is 11.8 Å². The van der Waals surface area contributed by atoms with Gasteiger partial charge in [0, 0.05) is 13.2 Å². The van der Waals surface area contributed by atoms with Crippen LogP contribution < -0.4 is 5.32 Å². The van der Waals surface area contributed by atoms with E-state index in [1.807, 2.05) is 0 Å². The minimum atomic E-state index is -4.85. The Morgan fingerprint density at radius 3 is 2.46 bits per heavy atom. The average Bonchev–Trinajstić information content (AvgIpc) is 2.92. The van der Waals surface area contributed by atoms with Gasteiger partial charge in [-0.25, -0.2) is 4.79 Å². The molecule has 0 aliphatic rings. The number of halogens is 3. The van der Waals surface area contributed by atoms with Crippen molar-refractivity contribution in [1.29, 1.82) is 0 Å². The largest absolute Gasteiger partial charge is 0.478 e. The van der Waals surface area contributed by atoms with E-state index in [2.05, 4.69) is 10.4 Å². The molecule has 24 heavy (non-hydrogen) atoms. The molecule has 6 nitrogen and oxygen atoms in total. The van der Waals surface area contributed by atoms with Crippen LogP contribution in [0.5, 0.6) is 0 Å². The third kappa shape index (κ3) is 3.73. The lowest BCUT2D eigenvalue weighted by molar-refractivity contribution is -0.138. The molecule has 9 heteroatoms. The lowest BCUT2D eigenvalue weighted by Crippen LogP contribution is -2.29. The number of aryl methyl sites for hydroxylation is 1. The van der Waals surface area contributed by atoms with Crippen molar-refractivity contribution in [1.82, 2.24) is 15.1 Å². The minimum absolute atomic E-state index is 0.447. The van der Waals surface area contributed by atoms with E-state index in [4.69, 9.17) is 5.11 Å². The van der Waals surface area contributed by atoms with Crippen molar-refractivity contribution in [2.24, 2.45) is 7.05 Å². The van der Waals surface area contributed by atoms with Gasteiger partial charge in [0.15, 0.2) is 0 Å². The van der Waals surface area contributed by atoms with Crippen LogP contribution in [0.15, 0.2) is 30.5 Å². The van der Waals surface area contributed by atoms with Gasteiger partial charge in [0.1, 0.15) is 0 Å². The molecule has 1 atom stereocenters. The van der Waals surface area contributed by atoms with Crippen LogP contribution in [-0.2, 0) is 13.2 Å². The standard InChI is InChI=1S/C15H14F3N3O3/c1-8(12-5-6-21(2)20-12)19-13(22)10-4-3-9(14(23)24)7-11(10)15(16,17)18/h3-8H,1-2H3,(H,19,22)(H,23,24). The number of nitrogens with one attached hydrogen (secondary N) is 1. The maximum Gasteiger partial charge on any atom is 0.417 e. The van der Waals surface area contributed by atoms with Crippen molar-refractivity contribution >= 4 is 11.9 Å². The molecule has 1 amide bonds. The van der Waals surface area contributed by atoms with Crippen LogP contribution >= 0.6 is 0 Å². The lowest BCUT2D eigenvalue weighted by Gasteiger charge is -2.16. The lowest BCUT2D eigenvalue weighted by atomic mass is 10.0. The van der Waals surface area contributed by atoms with Crippen LogP contribution in [0.3, 0.4) is 0 Å². The van der Waals surface area contributed by atoms with E-state index < -0.39 is 40.8 Å². The summed E-state index contributed by atoms with van der Waals surface area (Å²) in [5.41, 5.74) is -2.00. The quantitative estimate of drug-likeness (QED) is 0.895. The van der Waals surface area contributed by atoms with Crippen LogP contribution in [-0.4, -0.2) is 26.8 Å². The van der Waals surface area contributed by atoms with E-state index in [-0.39, 0.29) is 0 Å². The van der Waals surface area contributed by atoms with E-state index in [0.717, 1.165) is 12.1 Å². The molecule has 1 aromatic heterocycles. The Kier molecular flexibility index (Phi) is 4.63. The summed E-state index contributed by atoms with van der Waals surface area (Å²) in [6.07, 6.45) is -3.22. The number of carboxylic acid groups (broad SMARTS) is 1. The molecule has 2 rings (SSSR count). The number of amides is 1. The minimum Gasteiger partial charge on any atom is -0.478 e. The van der Waals surface area contributed by atoms with Crippen molar-refractivity contribution in [3.8, 4) is 0 Å². The number of carbonyl (C=O) groups excluding carboxylic acids is 1. The van der Waals surface area contributed by atoms with Crippen LogP contribution in [0.2, 0.25) is 0 Å². The summed E-state index contributed by atoms with van der Waals surface area (Å²) in [5, 5.41) is 15.3. The van der Waals surface area contributed by atoms with E-state index >= 15 is 0 Å². The summed E-state index contributed by atoms with van der Waals surface area (Å²) in [6, 6.07) is 3.27. The van der Waals surface area contributed by atoms with Gasteiger partial charge in [-0.2, -0.15) is 18.3 Å². The Morgan fingerprint density at radius 2 is 1.96 bits per heavy atom. The predicted octanol–water partition coefficient (Wildman–Crippen LogP) is 2.63. The van der Waals surface area contributed by atoms with Gasteiger partial charge >= 0.3 is 12.1 Å². The molecule has 1 heterocycles. The Labute approximate surface area is 134 Å². The smallest absolute Gasteiger partial charge is 0.417 e. The first-order chi connectivity index (χ1) is 11.1. The zero-order chi connectivity index (χ0) is 18.1. The zero-order valence-corrected chi connectivity index (χ0v) is 12.8. The van der Waals surface area contributed by atoms with Crippen LogP contribution in [0.4, 0.5) is 13.2 Å². The van der Waals surface area contributed by atoms with Gasteiger partial charge in [-0.15, -0.1) is 0 Å². The summed E-state index contributed by atoms with van der Waals surface area (Å²) < 4.78 is 40.9. The number of benzene rings is 1. The van der Waals surface area contributed by atoms with Gasteiger partial charge in [-0.05, 0) is 31.2 Å². The fourth-order valence-corrected chi connectivity index (χ4v) is 2.12. The molecule has 0 radical (unpaired) electrons. The molecule has 0 aliphatic heterocycles. The number of nitrogens with zero attached hydrogens (tertiary/aromatic N) is 2. The molecular weight excluding hydrogens is 327 g/mol. The number of aromatic nitrogens is 2. The number of carbonyl (C=O) groups is 2. The Morgan fingerprint density at radius 1 is 1.29 bits per heavy atom. The molecular formula is C15H14F3N3O3. The van der Waals surface area contributed by atoms with Crippen molar-refractivity contribution in [2.45, 2.75) is 19.1 Å². The van der Waals surface area contributed by atoms with Gasteiger partial charge < -0.3 is 10.4 Å². The van der Waals surface area contributed by atoms with Crippen LogP contribution in [0.1, 0.15) is 44.9 Å². The molecule has 0 aliphatic carbocycles. The van der Waals surface area contributed by atoms with E-state index in [1.54, 1.807) is 26.2 Å². The van der Waals surface area contributed by atoms with Gasteiger partial charge in [-0.1, -0.05) is 0 Å². The Hall–Kier alpha value is -2.84. The average molecular weight is 341 g/mol. The highest BCUT2D eigenvalue weighted by Crippen LogP contribution is 2.33. The number of hydrogen-bond acceptors (Lipinski definition) is 3. The molecule has 2 aromatic rings. The molecule has 0 spiro atoms. The molecule has 2 N–H and O–H groups in total. The third-order valence-electron chi connectivity index (χ3n) is 3.34. The van der Waals surface area contributed by atoms with Crippen molar-refractivity contribution < 1.29 is 27.9 Å². The normalized spacial score (nSPS) is 12.7. The second-order valence-corrected chi connectivity index (χ2v) is 5.17. The Balaban J connectivity index is 2.33. The monoisotopic (exact) mass is 341 g/mol. The van der Waals surface area contributed by atoms with E-state index in [1.165, 1.54) is 4.68 Å². The number of aromatic carboxylic acids is 1. The topological polar surface area (TPSA) is 84.2 Å². The van der Waals surface area contributed by atoms with Gasteiger partial charge in [0.05, 0.1) is 28.4 Å². The molecule has 1 aromatic carbocycles. The Bertz CT molecular complexity index is 784. The predicted molar refractivity (Wildman–Crippen MR) is 77.5 cm³/mol. The van der Waals surface area contributed by atoms with Crippen molar-refractivity contribution in [3.63, 3.8) is 0 Å². The number of alkyl halides is 3. The van der Waals surface area contributed by atoms with Gasteiger partial charge in [0.25, 0.3) is 5.91 Å². The zero-order valence-electron chi connectivity index (χ0n) is 12.8. The van der Waals surface area contributed by atoms with Crippen molar-refractivity contribution in [2.75, 3.05) is 0 Å². The third-order valence-corrected chi connectivity index (χ3v) is 3.34. The highest BCUT2D eigenvalue weighted by molar-refractivity contribution is 5.97.